The second-order valence-corrected chi connectivity index (χ2v) is 7.49. The topological polar surface area (TPSA) is 69.6 Å². The van der Waals surface area contributed by atoms with Crippen LogP contribution >= 0.6 is 0 Å². The molecular weight excluding hydrogens is 312 g/mol. The zero-order valence-corrected chi connectivity index (χ0v) is 14.5. The molecule has 1 unspecified atom stereocenters. The van der Waals surface area contributed by atoms with Crippen LogP contribution in [0.2, 0.25) is 0 Å². The van der Waals surface area contributed by atoms with Gasteiger partial charge in [-0.3, -0.25) is 4.21 Å². The normalized spacial score (nSPS) is 17.0. The Morgan fingerprint density at radius 1 is 1.26 bits per heavy atom. The molecule has 1 aliphatic heterocycles. The van der Waals surface area contributed by atoms with E-state index in [2.05, 4.69) is 5.32 Å². The van der Waals surface area contributed by atoms with Gasteiger partial charge in [-0.25, -0.2) is 4.79 Å². The van der Waals surface area contributed by atoms with Crippen molar-refractivity contribution in [3.05, 3.63) is 24.3 Å². The number of unbranched alkanes of at least 4 members (excludes halogenated alkanes) is 1. The largest absolute Gasteiger partial charge is 0.465 e. The van der Waals surface area contributed by atoms with Crippen molar-refractivity contribution >= 4 is 22.6 Å². The number of nitrogens with zero attached hydrogens (tertiary/aromatic N) is 1. The summed E-state index contributed by atoms with van der Waals surface area (Å²) in [6.07, 6.45) is 6.35. The number of carboxylic acid groups (broad SMARTS) is 1. The van der Waals surface area contributed by atoms with Crippen molar-refractivity contribution in [3.63, 3.8) is 0 Å². The molecule has 2 N–H and O–H groups in total. The van der Waals surface area contributed by atoms with Gasteiger partial charge in [-0.05, 0) is 49.4 Å². The molecule has 6 heteroatoms. The maximum Gasteiger partial charge on any atom is 0.407 e. The molecule has 0 aliphatic carbocycles. The number of carbonyl (C=O) groups is 1. The van der Waals surface area contributed by atoms with Crippen molar-refractivity contribution in [1.82, 2.24) is 4.90 Å². The van der Waals surface area contributed by atoms with Crippen LogP contribution in [0, 0.1) is 5.92 Å². The minimum absolute atomic E-state index is 0.671. The summed E-state index contributed by atoms with van der Waals surface area (Å²) in [5.41, 5.74) is 1.06. The third-order valence-corrected chi connectivity index (χ3v) is 5.38. The summed E-state index contributed by atoms with van der Waals surface area (Å²) in [6, 6.07) is 7.74. The van der Waals surface area contributed by atoms with Gasteiger partial charge in [-0.1, -0.05) is 12.8 Å². The highest BCUT2D eigenvalue weighted by atomic mass is 32.2. The average Bonchev–Trinajstić information content (AvgIpc) is 2.55. The van der Waals surface area contributed by atoms with Crippen molar-refractivity contribution in [1.29, 1.82) is 0 Å². The molecule has 1 amide bonds. The number of benzene rings is 1. The zero-order chi connectivity index (χ0) is 16.7. The smallest absolute Gasteiger partial charge is 0.407 e. The quantitative estimate of drug-likeness (QED) is 0.748. The summed E-state index contributed by atoms with van der Waals surface area (Å²) < 4.78 is 11.3. The van der Waals surface area contributed by atoms with Crippen LogP contribution in [0.5, 0.6) is 0 Å². The van der Waals surface area contributed by atoms with E-state index in [-0.39, 0.29) is 0 Å². The number of rotatable bonds is 7. The lowest BCUT2D eigenvalue weighted by Gasteiger charge is -2.29. The van der Waals surface area contributed by atoms with Gasteiger partial charge in [0.25, 0.3) is 0 Å². The highest BCUT2D eigenvalue weighted by Crippen LogP contribution is 2.22. The minimum atomic E-state index is -0.923. The van der Waals surface area contributed by atoms with Gasteiger partial charge in [0.1, 0.15) is 0 Å². The molecule has 128 valence electrons. The van der Waals surface area contributed by atoms with Gasteiger partial charge in [-0.2, -0.15) is 0 Å². The van der Waals surface area contributed by atoms with Gasteiger partial charge in [0.05, 0.1) is 0 Å². The van der Waals surface area contributed by atoms with Crippen LogP contribution in [0.4, 0.5) is 10.5 Å². The fourth-order valence-electron chi connectivity index (χ4n) is 2.97. The number of nitrogens with one attached hydrogen (secondary N) is 1. The molecule has 0 aromatic heterocycles. The lowest BCUT2D eigenvalue weighted by atomic mass is 9.92. The van der Waals surface area contributed by atoms with Crippen LogP contribution in [-0.2, 0) is 10.8 Å². The van der Waals surface area contributed by atoms with Crippen molar-refractivity contribution in [3.8, 4) is 0 Å². The number of amides is 1. The summed E-state index contributed by atoms with van der Waals surface area (Å²) in [5.74, 6) is 0.671. The maximum absolute atomic E-state index is 11.3. The average molecular weight is 338 g/mol. The monoisotopic (exact) mass is 338 g/mol. The molecule has 0 bridgehead atoms. The fourth-order valence-corrected chi connectivity index (χ4v) is 3.49. The van der Waals surface area contributed by atoms with Crippen LogP contribution in [0.3, 0.4) is 0 Å². The number of likely N-dealkylation sites (tertiary alicyclic amines) is 1. The van der Waals surface area contributed by atoms with Crippen molar-refractivity contribution in [2.24, 2.45) is 5.92 Å². The molecule has 0 radical (unpaired) electrons. The van der Waals surface area contributed by atoms with Gasteiger partial charge in [0.15, 0.2) is 0 Å². The van der Waals surface area contributed by atoms with Crippen molar-refractivity contribution in [2.45, 2.75) is 37.0 Å². The SMILES string of the molecule is CS(=O)c1ccc(NCCCCC2CCN(C(=O)O)CC2)cc1. The highest BCUT2D eigenvalue weighted by Gasteiger charge is 2.21. The van der Waals surface area contributed by atoms with Gasteiger partial charge in [0, 0.05) is 47.3 Å². The predicted octanol–water partition coefficient (Wildman–Crippen LogP) is 3.40. The zero-order valence-electron chi connectivity index (χ0n) is 13.7. The summed E-state index contributed by atoms with van der Waals surface area (Å²) in [6.45, 7) is 2.30. The molecule has 1 heterocycles. The van der Waals surface area contributed by atoms with Crippen LogP contribution in [0.25, 0.3) is 0 Å². The van der Waals surface area contributed by atoms with Gasteiger partial charge >= 0.3 is 6.09 Å². The first kappa shape index (κ1) is 17.8. The summed E-state index contributed by atoms with van der Waals surface area (Å²) in [7, 11) is -0.923. The van der Waals surface area contributed by atoms with E-state index in [1.165, 1.54) is 17.7 Å². The van der Waals surface area contributed by atoms with Gasteiger partial charge in [-0.15, -0.1) is 0 Å². The summed E-state index contributed by atoms with van der Waals surface area (Å²) in [5, 5.41) is 12.3. The number of anilines is 1. The third-order valence-electron chi connectivity index (χ3n) is 4.44. The maximum atomic E-state index is 11.3. The minimum Gasteiger partial charge on any atom is -0.465 e. The molecule has 2 rings (SSSR count). The molecule has 1 fully saturated rings. The molecule has 1 aromatic rings. The Kier molecular flexibility index (Phi) is 6.89. The number of hydrogen-bond donors (Lipinski definition) is 2. The Morgan fingerprint density at radius 3 is 2.48 bits per heavy atom. The van der Waals surface area contributed by atoms with E-state index in [1.54, 1.807) is 6.26 Å². The van der Waals surface area contributed by atoms with E-state index in [0.717, 1.165) is 36.4 Å². The molecule has 23 heavy (non-hydrogen) atoms. The van der Waals surface area contributed by atoms with E-state index in [9.17, 15) is 9.00 Å². The second kappa shape index (κ2) is 8.91. The number of piperidine rings is 1. The molecule has 0 spiro atoms. The molecule has 1 aromatic carbocycles. The molecule has 1 saturated heterocycles. The molecule has 5 nitrogen and oxygen atoms in total. The molecule has 1 atom stereocenters. The summed E-state index contributed by atoms with van der Waals surface area (Å²) in [4.78, 5) is 13.2. The van der Waals surface area contributed by atoms with E-state index in [0.29, 0.717) is 19.0 Å². The third kappa shape index (κ3) is 5.86. The Bertz CT molecular complexity index is 525. The lowest BCUT2D eigenvalue weighted by molar-refractivity contribution is 0.122. The molecule has 1 aliphatic rings. The van der Waals surface area contributed by atoms with Gasteiger partial charge in [0.2, 0.25) is 0 Å². The number of hydrogen-bond acceptors (Lipinski definition) is 3. The highest BCUT2D eigenvalue weighted by molar-refractivity contribution is 7.84. The van der Waals surface area contributed by atoms with Gasteiger partial charge < -0.3 is 15.3 Å². The van der Waals surface area contributed by atoms with Crippen LogP contribution in [0.1, 0.15) is 32.1 Å². The van der Waals surface area contributed by atoms with E-state index >= 15 is 0 Å². The van der Waals surface area contributed by atoms with Crippen molar-refractivity contribution in [2.75, 3.05) is 31.2 Å². The fraction of sp³-hybridized carbons (Fsp3) is 0.588. The lowest BCUT2D eigenvalue weighted by Crippen LogP contribution is -2.37. The van der Waals surface area contributed by atoms with E-state index in [1.807, 2.05) is 24.3 Å². The Balaban J connectivity index is 1.57. The Morgan fingerprint density at radius 2 is 1.91 bits per heavy atom. The Labute approximate surface area is 140 Å². The van der Waals surface area contributed by atoms with Crippen LogP contribution < -0.4 is 5.32 Å². The first-order valence-electron chi connectivity index (χ1n) is 8.21. The first-order valence-corrected chi connectivity index (χ1v) is 9.77. The van der Waals surface area contributed by atoms with Crippen molar-refractivity contribution < 1.29 is 14.1 Å². The Hall–Kier alpha value is -1.56. The summed E-state index contributed by atoms with van der Waals surface area (Å²) >= 11 is 0. The van der Waals surface area contributed by atoms with Crippen LogP contribution in [0.15, 0.2) is 29.2 Å². The van der Waals surface area contributed by atoms with E-state index in [4.69, 9.17) is 5.11 Å². The second-order valence-electron chi connectivity index (χ2n) is 6.11. The molecular formula is C17H26N2O3S. The van der Waals surface area contributed by atoms with Crippen LogP contribution in [-0.4, -0.2) is 46.2 Å². The molecule has 0 saturated carbocycles. The standard InChI is InChI=1S/C17H26N2O3S/c1-23(22)16-7-5-15(6-8-16)18-11-3-2-4-14-9-12-19(13-10-14)17(20)21/h5-8,14,18H,2-4,9-13H2,1H3,(H,20,21). The first-order chi connectivity index (χ1) is 11.1. The predicted molar refractivity (Wildman–Crippen MR) is 93.4 cm³/mol. The van der Waals surface area contributed by atoms with E-state index < -0.39 is 16.9 Å².